The predicted octanol–water partition coefficient (Wildman–Crippen LogP) is 1.47. The quantitative estimate of drug-likeness (QED) is 0.568. The molecule has 0 fully saturated rings. The molecule has 1 nitrogen and oxygen atoms in total. The summed E-state index contributed by atoms with van der Waals surface area (Å²) in [6.45, 7) is 0. The Morgan fingerprint density at radius 2 is 2.50 bits per heavy atom. The average Bonchev–Trinajstić information content (AvgIpc) is 2.34. The van der Waals surface area contributed by atoms with E-state index in [1.807, 2.05) is 18.2 Å². The first-order valence-electron chi connectivity index (χ1n) is 3.55. The first-order valence-corrected chi connectivity index (χ1v) is 3.55. The van der Waals surface area contributed by atoms with Crippen molar-refractivity contribution in [3.05, 3.63) is 35.4 Å². The Morgan fingerprint density at radius 3 is 3.30 bits per heavy atom. The lowest BCUT2D eigenvalue weighted by molar-refractivity contribution is 0.180. The molecule has 0 bridgehead atoms. The van der Waals surface area contributed by atoms with Crippen molar-refractivity contribution >= 4 is 0 Å². The molecule has 0 amide bonds. The van der Waals surface area contributed by atoms with Crippen LogP contribution in [-0.4, -0.2) is 5.11 Å². The van der Waals surface area contributed by atoms with Crippen LogP contribution in [0.5, 0.6) is 0 Å². The van der Waals surface area contributed by atoms with E-state index in [-0.39, 0.29) is 6.10 Å². The Bertz CT molecular complexity index is 242. The molecular weight excluding hydrogens is 124 g/mol. The van der Waals surface area contributed by atoms with Gasteiger partial charge in [0.2, 0.25) is 0 Å². The second kappa shape index (κ2) is 2.10. The Hall–Kier alpha value is -0.820. The number of rotatable bonds is 0. The van der Waals surface area contributed by atoms with Gasteiger partial charge in [0.1, 0.15) is 0 Å². The number of aliphatic hydroxyl groups is 1. The molecule has 0 aliphatic heterocycles. The minimum atomic E-state index is -0.229. The van der Waals surface area contributed by atoms with Crippen LogP contribution >= 0.6 is 0 Å². The smallest absolute Gasteiger partial charge is 0.0796 e. The summed E-state index contributed by atoms with van der Waals surface area (Å²) in [5, 5.41) is 9.36. The Kier molecular flexibility index (Phi) is 1.24. The van der Waals surface area contributed by atoms with Gasteiger partial charge in [-0.3, -0.25) is 0 Å². The van der Waals surface area contributed by atoms with E-state index in [9.17, 15) is 5.11 Å². The highest BCUT2D eigenvalue weighted by molar-refractivity contribution is 5.31. The zero-order chi connectivity index (χ0) is 6.97. The summed E-state index contributed by atoms with van der Waals surface area (Å²) >= 11 is 0. The fraction of sp³-hybridized carbons (Fsp3) is 0.333. The third-order valence-electron chi connectivity index (χ3n) is 2.00. The highest BCUT2D eigenvalue weighted by atomic mass is 16.3. The highest BCUT2D eigenvalue weighted by Crippen LogP contribution is 2.29. The van der Waals surface area contributed by atoms with Crippen molar-refractivity contribution in [2.75, 3.05) is 0 Å². The Morgan fingerprint density at radius 1 is 1.60 bits per heavy atom. The van der Waals surface area contributed by atoms with Crippen LogP contribution in [0.2, 0.25) is 0 Å². The highest BCUT2D eigenvalue weighted by Gasteiger charge is 2.18. The number of aliphatic hydroxyl groups excluding tert-OH is 1. The van der Waals surface area contributed by atoms with E-state index < -0.39 is 0 Å². The number of fused-ring (bicyclic) bond motifs is 1. The molecule has 1 heteroatoms. The summed E-state index contributed by atoms with van der Waals surface area (Å²) in [6, 6.07) is 8.92. The summed E-state index contributed by atoms with van der Waals surface area (Å²) in [6.07, 6.45) is 1.63. The van der Waals surface area contributed by atoms with E-state index in [1.165, 1.54) is 5.56 Å². The second-order valence-electron chi connectivity index (χ2n) is 2.66. The lowest BCUT2D eigenvalue weighted by atomic mass is 10.1. The zero-order valence-corrected chi connectivity index (χ0v) is 5.67. The topological polar surface area (TPSA) is 20.2 Å². The molecule has 1 atom stereocenters. The van der Waals surface area contributed by atoms with E-state index in [4.69, 9.17) is 0 Å². The molecule has 10 heavy (non-hydrogen) atoms. The van der Waals surface area contributed by atoms with Gasteiger partial charge in [0, 0.05) is 0 Å². The normalized spacial score (nSPS) is 22.7. The summed E-state index contributed by atoms with van der Waals surface area (Å²) in [5.41, 5.74) is 2.26. The maximum Gasteiger partial charge on any atom is 0.0796 e. The van der Waals surface area contributed by atoms with Crippen LogP contribution in [-0.2, 0) is 6.42 Å². The van der Waals surface area contributed by atoms with Crippen LogP contribution in [0.3, 0.4) is 0 Å². The van der Waals surface area contributed by atoms with Crippen molar-refractivity contribution in [2.24, 2.45) is 0 Å². The predicted molar refractivity (Wildman–Crippen MR) is 38.6 cm³/mol. The van der Waals surface area contributed by atoms with Crippen LogP contribution in [0.15, 0.2) is 18.2 Å². The molecule has 0 saturated heterocycles. The molecule has 0 saturated carbocycles. The molecule has 1 aromatic carbocycles. The van der Waals surface area contributed by atoms with Gasteiger partial charge >= 0.3 is 0 Å². The van der Waals surface area contributed by atoms with Gasteiger partial charge < -0.3 is 5.11 Å². The molecule has 1 aliphatic carbocycles. The minimum Gasteiger partial charge on any atom is -0.388 e. The molecule has 2 rings (SSSR count). The van der Waals surface area contributed by atoms with Crippen molar-refractivity contribution in [1.82, 2.24) is 0 Å². The van der Waals surface area contributed by atoms with Crippen molar-refractivity contribution in [3.8, 4) is 0 Å². The molecule has 1 aliphatic rings. The maximum atomic E-state index is 9.36. The van der Waals surface area contributed by atoms with E-state index in [2.05, 4.69) is 6.07 Å². The van der Waals surface area contributed by atoms with Crippen LogP contribution in [0, 0.1) is 6.07 Å². The van der Waals surface area contributed by atoms with Gasteiger partial charge in [0.25, 0.3) is 0 Å². The van der Waals surface area contributed by atoms with Crippen molar-refractivity contribution in [3.63, 3.8) is 0 Å². The molecule has 51 valence electrons. The van der Waals surface area contributed by atoms with Crippen molar-refractivity contribution < 1.29 is 5.11 Å². The van der Waals surface area contributed by atoms with Crippen molar-refractivity contribution in [2.45, 2.75) is 18.9 Å². The van der Waals surface area contributed by atoms with Crippen LogP contribution < -0.4 is 0 Å². The Labute approximate surface area is 60.3 Å². The number of hydrogen-bond donors (Lipinski definition) is 1. The molecule has 0 heterocycles. The SMILES string of the molecule is OC1CCc2[c]cccc21. The van der Waals surface area contributed by atoms with E-state index >= 15 is 0 Å². The molecule has 1 unspecified atom stereocenters. The fourth-order valence-corrected chi connectivity index (χ4v) is 1.45. The lowest BCUT2D eigenvalue weighted by Gasteiger charge is -2.00. The molecular formula is C9H9O. The first kappa shape index (κ1) is 5.93. The molecule has 0 aromatic heterocycles. The Balaban J connectivity index is 2.51. The number of hydrogen-bond acceptors (Lipinski definition) is 1. The largest absolute Gasteiger partial charge is 0.388 e. The second-order valence-corrected chi connectivity index (χ2v) is 2.66. The van der Waals surface area contributed by atoms with Crippen molar-refractivity contribution in [1.29, 1.82) is 0 Å². The molecule has 1 N–H and O–H groups in total. The van der Waals surface area contributed by atoms with Gasteiger partial charge in [-0.15, -0.1) is 0 Å². The minimum absolute atomic E-state index is 0.229. The number of benzene rings is 1. The van der Waals surface area contributed by atoms with E-state index in [0.717, 1.165) is 18.4 Å². The van der Waals surface area contributed by atoms with Gasteiger partial charge in [-0.25, -0.2) is 0 Å². The van der Waals surface area contributed by atoms with E-state index in [1.54, 1.807) is 0 Å². The lowest BCUT2D eigenvalue weighted by Crippen LogP contribution is -1.88. The van der Waals surface area contributed by atoms with Gasteiger partial charge in [0.15, 0.2) is 0 Å². The maximum absolute atomic E-state index is 9.36. The van der Waals surface area contributed by atoms with Gasteiger partial charge in [-0.1, -0.05) is 18.2 Å². The summed E-state index contributed by atoms with van der Waals surface area (Å²) < 4.78 is 0. The molecule has 1 aromatic rings. The van der Waals surface area contributed by atoms with Crippen LogP contribution in [0.25, 0.3) is 0 Å². The van der Waals surface area contributed by atoms with Gasteiger partial charge in [-0.05, 0) is 30.0 Å². The fourth-order valence-electron chi connectivity index (χ4n) is 1.45. The third kappa shape index (κ3) is 0.745. The third-order valence-corrected chi connectivity index (χ3v) is 2.00. The standard InChI is InChI=1S/C9H9O/c10-9-6-5-7-3-1-2-4-8(7)9/h1-2,4,9-10H,5-6H2. The molecule has 1 radical (unpaired) electrons. The zero-order valence-electron chi connectivity index (χ0n) is 5.67. The summed E-state index contributed by atoms with van der Waals surface area (Å²) in [7, 11) is 0. The first-order chi connectivity index (χ1) is 4.88. The average molecular weight is 133 g/mol. The van der Waals surface area contributed by atoms with Crippen LogP contribution in [0.1, 0.15) is 23.7 Å². The monoisotopic (exact) mass is 133 g/mol. The van der Waals surface area contributed by atoms with E-state index in [0.29, 0.717) is 0 Å². The summed E-state index contributed by atoms with van der Waals surface area (Å²) in [4.78, 5) is 0. The number of aryl methyl sites for hydroxylation is 1. The molecule has 0 spiro atoms. The van der Waals surface area contributed by atoms with Gasteiger partial charge in [-0.2, -0.15) is 0 Å². The summed E-state index contributed by atoms with van der Waals surface area (Å²) in [5.74, 6) is 0. The van der Waals surface area contributed by atoms with Gasteiger partial charge in [0.05, 0.1) is 6.10 Å². The van der Waals surface area contributed by atoms with Crippen LogP contribution in [0.4, 0.5) is 0 Å².